The molecule has 5 heteroatoms. The van der Waals surface area contributed by atoms with Gasteiger partial charge in [0.25, 0.3) is 0 Å². The van der Waals surface area contributed by atoms with Crippen molar-refractivity contribution >= 4 is 28.8 Å². The van der Waals surface area contributed by atoms with E-state index in [4.69, 9.17) is 15.0 Å². The summed E-state index contributed by atoms with van der Waals surface area (Å²) in [5, 5.41) is 3.60. The maximum atomic E-state index is 5.26. The van der Waals surface area contributed by atoms with Gasteiger partial charge in [0.1, 0.15) is 17.5 Å². The average molecular weight is 600 g/mol. The van der Waals surface area contributed by atoms with Gasteiger partial charge in [-0.25, -0.2) is 4.98 Å². The summed E-state index contributed by atoms with van der Waals surface area (Å²) >= 11 is 0. The largest absolute Gasteiger partial charge is 0.325 e. The first-order valence-electron chi connectivity index (χ1n) is 16.4. The first kappa shape index (κ1) is 28.2. The molecule has 0 saturated heterocycles. The third-order valence-electron chi connectivity index (χ3n) is 9.52. The van der Waals surface area contributed by atoms with Crippen molar-refractivity contribution in [2.45, 2.75) is 37.8 Å². The van der Waals surface area contributed by atoms with Crippen molar-refractivity contribution in [2.24, 2.45) is 15.9 Å². The minimum Gasteiger partial charge on any atom is -0.325 e. The number of nitrogens with zero attached hydrogens (tertiary/aromatic N) is 4. The van der Waals surface area contributed by atoms with Crippen LogP contribution < -0.4 is 5.32 Å². The number of benzene rings is 4. The Balaban J connectivity index is 1.10. The zero-order valence-electron chi connectivity index (χ0n) is 26.0. The Hall–Kier alpha value is -5.29. The van der Waals surface area contributed by atoms with E-state index in [-0.39, 0.29) is 18.0 Å². The molecular weight excluding hydrogens is 562 g/mol. The number of para-hydroxylation sites is 2. The molecule has 5 aromatic rings. The Labute approximate surface area is 270 Å². The number of amidine groups is 2. The molecule has 5 nitrogen and oxygen atoms in total. The van der Waals surface area contributed by atoms with Gasteiger partial charge in [0.05, 0.1) is 23.6 Å². The third-order valence-corrected chi connectivity index (χ3v) is 9.52. The monoisotopic (exact) mass is 599 g/mol. The lowest BCUT2D eigenvalue weighted by Gasteiger charge is -2.33. The lowest BCUT2D eigenvalue weighted by atomic mass is 9.82. The van der Waals surface area contributed by atoms with E-state index in [1.807, 2.05) is 6.07 Å². The molecule has 46 heavy (non-hydrogen) atoms. The average Bonchev–Trinajstić information content (AvgIpc) is 3.37. The number of aliphatic imine (C=N–C) groups is 2. The summed E-state index contributed by atoms with van der Waals surface area (Å²) in [4.78, 5) is 15.3. The van der Waals surface area contributed by atoms with Crippen LogP contribution in [0.4, 0.5) is 0 Å². The number of nitrogens with one attached hydrogen (secondary N) is 1. The van der Waals surface area contributed by atoms with E-state index in [0.29, 0.717) is 12.5 Å². The highest BCUT2D eigenvalue weighted by atomic mass is 15.1. The lowest BCUT2D eigenvalue weighted by Crippen LogP contribution is -2.31. The number of aromatic nitrogens is 2. The number of hydrogen-bond acceptors (Lipinski definition) is 4. The quantitative estimate of drug-likeness (QED) is 0.212. The highest BCUT2D eigenvalue weighted by Gasteiger charge is 2.33. The van der Waals surface area contributed by atoms with Gasteiger partial charge in [-0.15, -0.1) is 0 Å². The highest BCUT2D eigenvalue weighted by Crippen LogP contribution is 2.46. The van der Waals surface area contributed by atoms with Crippen LogP contribution in [0.1, 0.15) is 54.0 Å². The van der Waals surface area contributed by atoms with Gasteiger partial charge >= 0.3 is 0 Å². The van der Waals surface area contributed by atoms with Crippen LogP contribution in [0, 0.1) is 5.92 Å². The van der Waals surface area contributed by atoms with Gasteiger partial charge in [0, 0.05) is 34.6 Å². The SMILES string of the molecule is CCC1C(/C=C/c2ccc(C3=N[C@@H](C4C=CC=CC4)CN=C(c4ccccc4)N3)cc2)c2ccccc2-c2nc3ccccc3n21. The molecule has 226 valence electrons. The second kappa shape index (κ2) is 12.2. The molecule has 2 aliphatic heterocycles. The Bertz CT molecular complexity index is 2030. The zero-order chi connectivity index (χ0) is 30.9. The topological polar surface area (TPSA) is 54.6 Å². The predicted molar refractivity (Wildman–Crippen MR) is 190 cm³/mol. The zero-order valence-corrected chi connectivity index (χ0v) is 26.0. The first-order chi connectivity index (χ1) is 22.8. The van der Waals surface area contributed by atoms with Crippen molar-refractivity contribution < 1.29 is 0 Å². The summed E-state index contributed by atoms with van der Waals surface area (Å²) < 4.78 is 2.46. The molecule has 1 N–H and O–H groups in total. The molecule has 0 fully saturated rings. The molecule has 3 unspecified atom stereocenters. The molecule has 0 saturated carbocycles. The van der Waals surface area contributed by atoms with Crippen LogP contribution in [-0.4, -0.2) is 33.8 Å². The normalized spacial score (nSPS) is 22.1. The predicted octanol–water partition coefficient (Wildman–Crippen LogP) is 8.76. The van der Waals surface area contributed by atoms with Crippen LogP contribution >= 0.6 is 0 Å². The Morgan fingerprint density at radius 3 is 2.43 bits per heavy atom. The van der Waals surface area contributed by atoms with Crippen LogP contribution in [-0.2, 0) is 0 Å². The molecule has 1 aliphatic carbocycles. The number of hydrogen-bond donors (Lipinski definition) is 1. The van der Waals surface area contributed by atoms with Crippen LogP contribution in [0.5, 0.6) is 0 Å². The van der Waals surface area contributed by atoms with E-state index in [2.05, 4.69) is 150 Å². The van der Waals surface area contributed by atoms with Crippen molar-refractivity contribution in [2.75, 3.05) is 6.54 Å². The van der Waals surface area contributed by atoms with Crippen LogP contribution in [0.2, 0.25) is 0 Å². The minimum absolute atomic E-state index is 0.0750. The van der Waals surface area contributed by atoms with E-state index < -0.39 is 0 Å². The maximum absolute atomic E-state index is 5.26. The molecule has 0 radical (unpaired) electrons. The van der Waals surface area contributed by atoms with Gasteiger partial charge in [0.2, 0.25) is 0 Å². The van der Waals surface area contributed by atoms with Crippen molar-refractivity contribution in [1.29, 1.82) is 0 Å². The fraction of sp³-hybridized carbons (Fsp3) is 0.195. The van der Waals surface area contributed by atoms with E-state index in [9.17, 15) is 0 Å². The number of rotatable bonds is 6. The van der Waals surface area contributed by atoms with E-state index in [0.717, 1.165) is 47.0 Å². The summed E-state index contributed by atoms with van der Waals surface area (Å²) in [5.74, 6) is 3.39. The minimum atomic E-state index is 0.0750. The van der Waals surface area contributed by atoms with Gasteiger partial charge in [-0.1, -0.05) is 134 Å². The summed E-state index contributed by atoms with van der Waals surface area (Å²) in [7, 11) is 0. The fourth-order valence-electron chi connectivity index (χ4n) is 7.16. The standard InChI is InChI=1S/C41H37N5/c1-2-37-33(32-17-9-10-18-34(32)41-44-35-19-11-12-20-38(35)46(37)41)26-23-28-21-24-31(25-22-28)40-43-36(29-13-5-3-6-14-29)27-42-39(45-40)30-15-7-4-8-16-30/h3-13,15-26,29,33,36-37H,2,14,27H2,1H3,(H,42,43,45)/b26-23+/t29?,33?,36-,37?/m1/s1. The molecular formula is C41H37N5. The highest BCUT2D eigenvalue weighted by molar-refractivity contribution is 6.15. The van der Waals surface area contributed by atoms with Gasteiger partial charge in [0.15, 0.2) is 0 Å². The second-order valence-electron chi connectivity index (χ2n) is 12.3. The molecule has 0 spiro atoms. The Kier molecular flexibility index (Phi) is 7.51. The van der Waals surface area contributed by atoms with Crippen molar-refractivity contribution in [3.63, 3.8) is 0 Å². The summed E-state index contributed by atoms with van der Waals surface area (Å²) in [6, 6.07) is 36.7. The second-order valence-corrected chi connectivity index (χ2v) is 12.3. The van der Waals surface area contributed by atoms with E-state index >= 15 is 0 Å². The molecule has 0 amide bonds. The first-order valence-corrected chi connectivity index (χ1v) is 16.4. The summed E-state index contributed by atoms with van der Waals surface area (Å²) in [6.07, 6.45) is 15.4. The molecule has 3 heterocycles. The van der Waals surface area contributed by atoms with Crippen LogP contribution in [0.15, 0.2) is 143 Å². The molecule has 3 aliphatic rings. The lowest BCUT2D eigenvalue weighted by molar-refractivity contribution is 0.448. The van der Waals surface area contributed by atoms with Gasteiger partial charge in [-0.2, -0.15) is 0 Å². The molecule has 8 rings (SSSR count). The Morgan fingerprint density at radius 2 is 1.61 bits per heavy atom. The maximum Gasteiger partial charge on any atom is 0.141 e. The summed E-state index contributed by atoms with van der Waals surface area (Å²) in [6.45, 7) is 2.94. The Morgan fingerprint density at radius 1 is 0.826 bits per heavy atom. The van der Waals surface area contributed by atoms with Gasteiger partial charge in [-0.3, -0.25) is 9.98 Å². The molecule has 0 bridgehead atoms. The fourth-order valence-corrected chi connectivity index (χ4v) is 7.16. The van der Waals surface area contributed by atoms with Crippen LogP contribution in [0.3, 0.4) is 0 Å². The molecule has 4 aromatic carbocycles. The summed E-state index contributed by atoms with van der Waals surface area (Å²) in [5.41, 5.74) is 8.12. The van der Waals surface area contributed by atoms with Gasteiger partial charge < -0.3 is 9.88 Å². The van der Waals surface area contributed by atoms with Crippen molar-refractivity contribution in [1.82, 2.24) is 14.9 Å². The smallest absolute Gasteiger partial charge is 0.141 e. The van der Waals surface area contributed by atoms with Crippen molar-refractivity contribution in [3.05, 3.63) is 156 Å². The van der Waals surface area contributed by atoms with Crippen LogP contribution in [0.25, 0.3) is 28.5 Å². The molecule has 1 aromatic heterocycles. The van der Waals surface area contributed by atoms with Gasteiger partial charge in [-0.05, 0) is 36.1 Å². The van der Waals surface area contributed by atoms with Crippen molar-refractivity contribution in [3.8, 4) is 11.4 Å². The number of imidazole rings is 1. The number of allylic oxidation sites excluding steroid dienone is 4. The van der Waals surface area contributed by atoms with E-state index in [1.165, 1.54) is 22.2 Å². The third kappa shape index (κ3) is 5.22. The van der Waals surface area contributed by atoms with E-state index in [1.54, 1.807) is 0 Å². The molecule has 4 atom stereocenters. The number of fused-ring (bicyclic) bond motifs is 5.